The van der Waals surface area contributed by atoms with E-state index in [2.05, 4.69) is 0 Å². The lowest BCUT2D eigenvalue weighted by Gasteiger charge is -2.44. The Balaban J connectivity index is 2.62. The normalized spacial score (nSPS) is 27.5. The van der Waals surface area contributed by atoms with Crippen molar-refractivity contribution in [2.45, 2.75) is 84.5 Å². The van der Waals surface area contributed by atoms with E-state index in [1.54, 1.807) is 53.7 Å². The van der Waals surface area contributed by atoms with Gasteiger partial charge in [0.25, 0.3) is 0 Å². The summed E-state index contributed by atoms with van der Waals surface area (Å²) in [5.41, 5.74) is -1.63. The minimum atomic E-state index is -1.66. The van der Waals surface area contributed by atoms with Gasteiger partial charge in [-0.15, -0.1) is 0 Å². The summed E-state index contributed by atoms with van der Waals surface area (Å²) < 4.78 is 11.1. The van der Waals surface area contributed by atoms with Crippen LogP contribution in [0.4, 0.5) is 0 Å². The van der Waals surface area contributed by atoms with Crippen LogP contribution in [0.3, 0.4) is 0 Å². The SMILES string of the molecule is Cc1ccc([C@@H]2[C@H](C(=O)OC(C)(C)C)C(=O)C[C@](C)(O)[C@@H]2C(=O)OC(C)(C)C)cc1. The lowest BCUT2D eigenvalue weighted by atomic mass is 9.61. The van der Waals surface area contributed by atoms with E-state index in [-0.39, 0.29) is 6.42 Å². The van der Waals surface area contributed by atoms with Gasteiger partial charge < -0.3 is 14.6 Å². The molecule has 1 aromatic carbocycles. The number of carbonyl (C=O) groups excluding carboxylic acids is 3. The quantitative estimate of drug-likeness (QED) is 0.594. The Kier molecular flexibility index (Phi) is 6.53. The summed E-state index contributed by atoms with van der Waals surface area (Å²) in [6.07, 6.45) is -0.330. The van der Waals surface area contributed by atoms with Crippen LogP contribution in [0.25, 0.3) is 0 Å². The van der Waals surface area contributed by atoms with Gasteiger partial charge in [0.2, 0.25) is 0 Å². The van der Waals surface area contributed by atoms with E-state index in [9.17, 15) is 19.5 Å². The highest BCUT2D eigenvalue weighted by Crippen LogP contribution is 2.47. The molecular weight excluding hydrogens is 384 g/mol. The predicted molar refractivity (Wildman–Crippen MR) is 113 cm³/mol. The van der Waals surface area contributed by atoms with Crippen molar-refractivity contribution in [3.8, 4) is 0 Å². The summed E-state index contributed by atoms with van der Waals surface area (Å²) in [7, 11) is 0. The maximum Gasteiger partial charge on any atom is 0.317 e. The monoisotopic (exact) mass is 418 g/mol. The van der Waals surface area contributed by atoms with Crippen LogP contribution in [0.15, 0.2) is 24.3 Å². The van der Waals surface area contributed by atoms with E-state index >= 15 is 0 Å². The topological polar surface area (TPSA) is 89.9 Å². The van der Waals surface area contributed by atoms with Crippen LogP contribution in [0.1, 0.15) is 71.9 Å². The Morgan fingerprint density at radius 2 is 1.43 bits per heavy atom. The van der Waals surface area contributed by atoms with Gasteiger partial charge in [-0.05, 0) is 61.0 Å². The highest BCUT2D eigenvalue weighted by atomic mass is 16.6. The van der Waals surface area contributed by atoms with Gasteiger partial charge >= 0.3 is 11.9 Å². The van der Waals surface area contributed by atoms with Crippen LogP contribution in [-0.2, 0) is 23.9 Å². The molecule has 1 saturated carbocycles. The standard InChI is InChI=1S/C24H34O6/c1-14-9-11-15(12-10-14)17-18(20(26)29-22(2,3)4)16(25)13-24(8,28)19(17)21(27)30-23(5,6)7/h9-12,17-19,28H,13H2,1-8H3/t17-,18-,19+,24+/m1/s1. The summed E-state index contributed by atoms with van der Waals surface area (Å²) >= 11 is 0. The number of hydrogen-bond donors (Lipinski definition) is 1. The predicted octanol–water partition coefficient (Wildman–Crippen LogP) is 3.72. The summed E-state index contributed by atoms with van der Waals surface area (Å²) in [5, 5.41) is 11.1. The first kappa shape index (κ1) is 24.1. The van der Waals surface area contributed by atoms with Crippen molar-refractivity contribution >= 4 is 17.7 Å². The number of ketones is 1. The molecule has 0 unspecified atom stereocenters. The molecule has 0 saturated heterocycles. The van der Waals surface area contributed by atoms with Crippen LogP contribution >= 0.6 is 0 Å². The van der Waals surface area contributed by atoms with E-state index in [4.69, 9.17) is 9.47 Å². The van der Waals surface area contributed by atoms with Gasteiger partial charge in [-0.1, -0.05) is 29.8 Å². The molecule has 0 aliphatic heterocycles. The molecule has 166 valence electrons. The van der Waals surface area contributed by atoms with Crippen LogP contribution in [0.5, 0.6) is 0 Å². The Morgan fingerprint density at radius 3 is 1.90 bits per heavy atom. The smallest absolute Gasteiger partial charge is 0.317 e. The van der Waals surface area contributed by atoms with Crippen molar-refractivity contribution in [2.75, 3.05) is 0 Å². The van der Waals surface area contributed by atoms with Gasteiger partial charge in [0.1, 0.15) is 17.1 Å². The Morgan fingerprint density at radius 1 is 0.967 bits per heavy atom. The maximum atomic E-state index is 13.2. The van der Waals surface area contributed by atoms with Crippen LogP contribution in [0.2, 0.25) is 0 Å². The molecule has 0 bridgehead atoms. The number of benzene rings is 1. The minimum Gasteiger partial charge on any atom is -0.460 e. The molecule has 0 heterocycles. The average molecular weight is 419 g/mol. The van der Waals surface area contributed by atoms with E-state index < -0.39 is 52.3 Å². The van der Waals surface area contributed by atoms with Crippen molar-refractivity contribution in [3.05, 3.63) is 35.4 Å². The largest absolute Gasteiger partial charge is 0.460 e. The Labute approximate surface area is 179 Å². The molecular formula is C24H34O6. The fraction of sp³-hybridized carbons (Fsp3) is 0.625. The van der Waals surface area contributed by atoms with Crippen molar-refractivity contribution in [1.82, 2.24) is 0 Å². The Bertz CT molecular complexity index is 808. The van der Waals surface area contributed by atoms with Crippen LogP contribution < -0.4 is 0 Å². The van der Waals surface area contributed by atoms with Gasteiger partial charge in [0.05, 0.1) is 11.5 Å². The van der Waals surface area contributed by atoms with Crippen LogP contribution in [-0.4, -0.2) is 39.6 Å². The molecule has 1 aromatic rings. The fourth-order valence-corrected chi connectivity index (χ4v) is 3.93. The molecule has 0 radical (unpaired) electrons. The highest BCUT2D eigenvalue weighted by molar-refractivity contribution is 6.03. The van der Waals surface area contributed by atoms with E-state index in [1.165, 1.54) is 6.92 Å². The van der Waals surface area contributed by atoms with Gasteiger partial charge in [0.15, 0.2) is 5.78 Å². The molecule has 0 amide bonds. The first-order chi connectivity index (χ1) is 13.5. The van der Waals surface area contributed by atoms with Crippen molar-refractivity contribution in [3.63, 3.8) is 0 Å². The van der Waals surface area contributed by atoms with Crippen molar-refractivity contribution < 1.29 is 29.0 Å². The first-order valence-corrected chi connectivity index (χ1v) is 10.3. The number of carbonyl (C=O) groups is 3. The molecule has 4 atom stereocenters. The van der Waals surface area contributed by atoms with Gasteiger partial charge in [-0.2, -0.15) is 0 Å². The van der Waals surface area contributed by atoms with E-state index in [0.717, 1.165) is 5.56 Å². The third-order valence-corrected chi connectivity index (χ3v) is 5.05. The molecule has 0 spiro atoms. The summed E-state index contributed by atoms with van der Waals surface area (Å²) in [4.78, 5) is 39.3. The number of rotatable bonds is 3. The van der Waals surface area contributed by atoms with Gasteiger partial charge in [-0.25, -0.2) is 0 Å². The third kappa shape index (κ3) is 5.69. The third-order valence-electron chi connectivity index (χ3n) is 5.05. The molecule has 1 aliphatic rings. The van der Waals surface area contributed by atoms with E-state index in [1.807, 2.05) is 19.1 Å². The average Bonchev–Trinajstić information content (AvgIpc) is 2.50. The maximum absolute atomic E-state index is 13.2. The lowest BCUT2D eigenvalue weighted by Crippen LogP contribution is -2.56. The zero-order chi connectivity index (χ0) is 23.1. The second-order valence-corrected chi connectivity index (χ2v) is 10.5. The second kappa shape index (κ2) is 8.14. The molecule has 1 aliphatic carbocycles. The molecule has 30 heavy (non-hydrogen) atoms. The number of hydrogen-bond acceptors (Lipinski definition) is 6. The van der Waals surface area contributed by atoms with Gasteiger partial charge in [-0.3, -0.25) is 14.4 Å². The molecule has 1 fully saturated rings. The molecule has 1 N–H and O–H groups in total. The van der Waals surface area contributed by atoms with Crippen LogP contribution in [0, 0.1) is 18.8 Å². The number of Topliss-reactive ketones (excluding diaryl/α,β-unsaturated/α-hetero) is 1. The number of aryl methyl sites for hydroxylation is 1. The first-order valence-electron chi connectivity index (χ1n) is 10.3. The summed E-state index contributed by atoms with van der Waals surface area (Å²) in [6.45, 7) is 13.7. The van der Waals surface area contributed by atoms with E-state index in [0.29, 0.717) is 5.56 Å². The second-order valence-electron chi connectivity index (χ2n) is 10.5. The van der Waals surface area contributed by atoms with Gasteiger partial charge in [0, 0.05) is 12.3 Å². The number of esters is 2. The zero-order valence-electron chi connectivity index (χ0n) is 19.2. The summed E-state index contributed by atoms with van der Waals surface area (Å²) in [5.74, 6) is -4.98. The molecule has 6 nitrogen and oxygen atoms in total. The Hall–Kier alpha value is -2.21. The fourth-order valence-electron chi connectivity index (χ4n) is 3.93. The molecule has 6 heteroatoms. The molecule has 0 aromatic heterocycles. The molecule has 2 rings (SSSR count). The highest BCUT2D eigenvalue weighted by Gasteiger charge is 2.57. The van der Waals surface area contributed by atoms with Crippen molar-refractivity contribution in [1.29, 1.82) is 0 Å². The number of ether oxygens (including phenoxy) is 2. The summed E-state index contributed by atoms with van der Waals surface area (Å²) in [6, 6.07) is 7.26. The zero-order valence-corrected chi connectivity index (χ0v) is 19.2. The van der Waals surface area contributed by atoms with Crippen molar-refractivity contribution in [2.24, 2.45) is 11.8 Å². The number of aliphatic hydroxyl groups is 1. The minimum absolute atomic E-state index is 0.330. The lowest BCUT2D eigenvalue weighted by molar-refractivity contribution is -0.182.